The van der Waals surface area contributed by atoms with Crippen LogP contribution in [0, 0.1) is 0 Å². The molecule has 2 atom stereocenters. The predicted molar refractivity (Wildman–Crippen MR) is 79.5 cm³/mol. The molecule has 1 aliphatic rings. The van der Waals surface area contributed by atoms with Crippen molar-refractivity contribution in [1.29, 1.82) is 0 Å². The van der Waals surface area contributed by atoms with Crippen molar-refractivity contribution in [2.45, 2.75) is 32.5 Å². The molecule has 3 nitrogen and oxygen atoms in total. The number of hydrogen-bond donors (Lipinski definition) is 1. The van der Waals surface area contributed by atoms with Crippen molar-refractivity contribution in [3.05, 3.63) is 42.5 Å². The summed E-state index contributed by atoms with van der Waals surface area (Å²) in [5.74, 6) is 0.908. The highest BCUT2D eigenvalue weighted by atomic mass is 16.5. The van der Waals surface area contributed by atoms with Gasteiger partial charge in [-0.1, -0.05) is 24.8 Å². The van der Waals surface area contributed by atoms with Crippen LogP contribution < -0.4 is 10.1 Å². The van der Waals surface area contributed by atoms with E-state index in [0.29, 0.717) is 18.7 Å². The van der Waals surface area contributed by atoms with Crippen molar-refractivity contribution in [2.24, 2.45) is 0 Å². The van der Waals surface area contributed by atoms with E-state index in [1.165, 1.54) is 5.56 Å². The van der Waals surface area contributed by atoms with Gasteiger partial charge >= 0.3 is 0 Å². The zero-order valence-corrected chi connectivity index (χ0v) is 11.9. The summed E-state index contributed by atoms with van der Waals surface area (Å²) in [6.07, 6.45) is 1.76. The number of piperazine rings is 1. The molecule has 2 unspecified atom stereocenters. The minimum Gasteiger partial charge on any atom is -0.490 e. The summed E-state index contributed by atoms with van der Waals surface area (Å²) in [5.41, 5.74) is 1.34. The Morgan fingerprint density at radius 2 is 2.11 bits per heavy atom. The van der Waals surface area contributed by atoms with Gasteiger partial charge in [0.05, 0.1) is 0 Å². The lowest BCUT2D eigenvalue weighted by Gasteiger charge is -2.37. The zero-order valence-electron chi connectivity index (χ0n) is 11.9. The number of hydrogen-bond acceptors (Lipinski definition) is 3. The second-order valence-electron chi connectivity index (χ2n) is 5.33. The first-order valence-electron chi connectivity index (χ1n) is 6.99. The third-order valence-electron chi connectivity index (χ3n) is 3.57. The quantitative estimate of drug-likeness (QED) is 0.823. The summed E-state index contributed by atoms with van der Waals surface area (Å²) in [6, 6.07) is 9.54. The summed E-state index contributed by atoms with van der Waals surface area (Å²) in [4.78, 5) is 2.53. The van der Waals surface area contributed by atoms with Crippen molar-refractivity contribution in [1.82, 2.24) is 10.2 Å². The fourth-order valence-electron chi connectivity index (χ4n) is 2.40. The Balaban J connectivity index is 1.92. The van der Waals surface area contributed by atoms with Gasteiger partial charge in [-0.2, -0.15) is 0 Å². The molecule has 1 N–H and O–H groups in total. The highest BCUT2D eigenvalue weighted by Crippen LogP contribution is 2.16. The van der Waals surface area contributed by atoms with Crippen LogP contribution in [0.3, 0.4) is 0 Å². The molecule has 1 aliphatic heterocycles. The minimum atomic E-state index is 0.561. The van der Waals surface area contributed by atoms with Crippen LogP contribution in [0.5, 0.6) is 5.75 Å². The molecule has 104 valence electrons. The van der Waals surface area contributed by atoms with Crippen LogP contribution in [0.1, 0.15) is 19.4 Å². The predicted octanol–water partition coefficient (Wildman–Crippen LogP) is 2.43. The maximum atomic E-state index is 5.50. The van der Waals surface area contributed by atoms with Crippen LogP contribution in [0.15, 0.2) is 36.9 Å². The topological polar surface area (TPSA) is 24.5 Å². The second kappa shape index (κ2) is 6.73. The van der Waals surface area contributed by atoms with Gasteiger partial charge in [0.15, 0.2) is 0 Å². The van der Waals surface area contributed by atoms with E-state index < -0.39 is 0 Å². The molecule has 0 saturated carbocycles. The van der Waals surface area contributed by atoms with Gasteiger partial charge in [0, 0.05) is 31.7 Å². The number of nitrogens with one attached hydrogen (secondary N) is 1. The van der Waals surface area contributed by atoms with Gasteiger partial charge < -0.3 is 10.1 Å². The normalized spacial score (nSPS) is 24.1. The molecule has 0 aromatic heterocycles. The molecule has 0 aliphatic carbocycles. The maximum Gasteiger partial charge on any atom is 0.119 e. The van der Waals surface area contributed by atoms with Gasteiger partial charge in [-0.3, -0.25) is 4.90 Å². The first-order valence-corrected chi connectivity index (χ1v) is 6.99. The van der Waals surface area contributed by atoms with E-state index in [1.807, 2.05) is 12.1 Å². The molecule has 19 heavy (non-hydrogen) atoms. The zero-order chi connectivity index (χ0) is 13.7. The van der Waals surface area contributed by atoms with Crippen LogP contribution in [-0.4, -0.2) is 36.7 Å². The van der Waals surface area contributed by atoms with Crippen LogP contribution >= 0.6 is 0 Å². The molecule has 1 fully saturated rings. The Hall–Kier alpha value is -1.32. The third kappa shape index (κ3) is 4.08. The Kier molecular flexibility index (Phi) is 5.00. The lowest BCUT2D eigenvalue weighted by molar-refractivity contribution is 0.139. The minimum absolute atomic E-state index is 0.561. The molecular weight excluding hydrogens is 236 g/mol. The number of ether oxygens (including phenoxy) is 1. The summed E-state index contributed by atoms with van der Waals surface area (Å²) < 4.78 is 5.50. The molecule has 1 heterocycles. The summed E-state index contributed by atoms with van der Waals surface area (Å²) in [6.45, 7) is 11.9. The van der Waals surface area contributed by atoms with Crippen LogP contribution in [-0.2, 0) is 6.54 Å². The van der Waals surface area contributed by atoms with Crippen molar-refractivity contribution in [2.75, 3.05) is 19.7 Å². The fraction of sp³-hybridized carbons (Fsp3) is 0.500. The summed E-state index contributed by atoms with van der Waals surface area (Å²) in [7, 11) is 0. The van der Waals surface area contributed by atoms with Gasteiger partial charge in [-0.05, 0) is 31.5 Å². The van der Waals surface area contributed by atoms with Crippen LogP contribution in [0.25, 0.3) is 0 Å². The van der Waals surface area contributed by atoms with E-state index >= 15 is 0 Å². The smallest absolute Gasteiger partial charge is 0.119 e. The van der Waals surface area contributed by atoms with Crippen molar-refractivity contribution in [3.63, 3.8) is 0 Å². The average Bonchev–Trinajstić information content (AvgIpc) is 2.42. The molecule has 1 saturated heterocycles. The molecule has 0 amide bonds. The highest BCUT2D eigenvalue weighted by molar-refractivity contribution is 5.27. The first-order chi connectivity index (χ1) is 9.19. The Morgan fingerprint density at radius 1 is 1.37 bits per heavy atom. The van der Waals surface area contributed by atoms with E-state index in [9.17, 15) is 0 Å². The average molecular weight is 260 g/mol. The number of nitrogens with zero attached hydrogens (tertiary/aromatic N) is 1. The Morgan fingerprint density at radius 3 is 2.79 bits per heavy atom. The Bertz CT molecular complexity index is 402. The van der Waals surface area contributed by atoms with Gasteiger partial charge in [0.25, 0.3) is 0 Å². The largest absolute Gasteiger partial charge is 0.490 e. The van der Waals surface area contributed by atoms with Gasteiger partial charge in [0.1, 0.15) is 12.4 Å². The number of rotatable bonds is 5. The summed E-state index contributed by atoms with van der Waals surface area (Å²) >= 11 is 0. The summed E-state index contributed by atoms with van der Waals surface area (Å²) in [5, 5.41) is 3.51. The van der Waals surface area contributed by atoms with Crippen LogP contribution in [0.2, 0.25) is 0 Å². The van der Waals surface area contributed by atoms with E-state index in [2.05, 4.69) is 42.8 Å². The van der Waals surface area contributed by atoms with Crippen molar-refractivity contribution in [3.8, 4) is 5.75 Å². The van der Waals surface area contributed by atoms with E-state index in [4.69, 9.17) is 4.74 Å². The van der Waals surface area contributed by atoms with Gasteiger partial charge in [-0.15, -0.1) is 0 Å². The molecule has 0 radical (unpaired) electrons. The third-order valence-corrected chi connectivity index (χ3v) is 3.57. The molecule has 0 bridgehead atoms. The fourth-order valence-corrected chi connectivity index (χ4v) is 2.40. The molecule has 1 aromatic rings. The van der Waals surface area contributed by atoms with Gasteiger partial charge in [-0.25, -0.2) is 0 Å². The van der Waals surface area contributed by atoms with Crippen molar-refractivity contribution >= 4 is 0 Å². The lowest BCUT2D eigenvalue weighted by atomic mass is 10.1. The van der Waals surface area contributed by atoms with E-state index in [-0.39, 0.29) is 0 Å². The van der Waals surface area contributed by atoms with Crippen LogP contribution in [0.4, 0.5) is 0 Å². The maximum absolute atomic E-state index is 5.50. The standard InChI is InChI=1S/C16H24N2O/c1-4-9-19-16-7-5-15(6-8-16)12-18-11-13(2)17-10-14(18)3/h4-8,13-14,17H,1,9-12H2,2-3H3. The Labute approximate surface area is 116 Å². The first kappa shape index (κ1) is 14.1. The van der Waals surface area contributed by atoms with Gasteiger partial charge in [0.2, 0.25) is 0 Å². The van der Waals surface area contributed by atoms with E-state index in [1.54, 1.807) is 6.08 Å². The highest BCUT2D eigenvalue weighted by Gasteiger charge is 2.21. The SMILES string of the molecule is C=CCOc1ccc(CN2CC(C)NCC2C)cc1. The van der Waals surface area contributed by atoms with Crippen molar-refractivity contribution < 1.29 is 4.74 Å². The monoisotopic (exact) mass is 260 g/mol. The number of benzene rings is 1. The second-order valence-corrected chi connectivity index (χ2v) is 5.33. The molecule has 1 aromatic carbocycles. The lowest BCUT2D eigenvalue weighted by Crippen LogP contribution is -2.53. The molecule has 2 rings (SSSR count). The molecular formula is C16H24N2O. The van der Waals surface area contributed by atoms with E-state index in [0.717, 1.165) is 25.4 Å². The molecule has 3 heteroatoms. The molecule has 0 spiro atoms.